The standard InChI is InChI=1S/C20H19ClF3N3O3/c1-9-12(7-27(2)26-9)18-8-19(18,15-6-14(28)16(18)30-15)17(29)25-10-3-4-13(21)11(5-10)20(22,23)24/h3-5,7,14-16,28H,6,8H2,1-2H3,(H,25,29)/t14-,15+,16-,18+,19+/m0/s1. The minimum atomic E-state index is -4.63. The lowest BCUT2D eigenvalue weighted by atomic mass is 9.74. The van der Waals surface area contributed by atoms with E-state index in [-0.39, 0.29) is 5.69 Å². The van der Waals surface area contributed by atoms with E-state index in [1.54, 1.807) is 11.7 Å². The van der Waals surface area contributed by atoms with E-state index >= 15 is 0 Å². The number of carbonyl (C=O) groups excluding carboxylic acids is 1. The first-order valence-electron chi connectivity index (χ1n) is 9.53. The summed E-state index contributed by atoms with van der Waals surface area (Å²) in [5.74, 6) is -0.416. The van der Waals surface area contributed by atoms with Crippen molar-refractivity contribution < 1.29 is 27.8 Å². The Bertz CT molecular complexity index is 1070. The molecule has 0 unspecified atom stereocenters. The van der Waals surface area contributed by atoms with Crippen LogP contribution in [0.25, 0.3) is 0 Å². The molecule has 0 spiro atoms. The van der Waals surface area contributed by atoms with Crippen LogP contribution in [0.5, 0.6) is 0 Å². The second-order valence-electron chi connectivity index (χ2n) is 8.42. The monoisotopic (exact) mass is 441 g/mol. The predicted octanol–water partition coefficient (Wildman–Crippen LogP) is 3.20. The molecule has 1 aromatic heterocycles. The lowest BCUT2D eigenvalue weighted by Gasteiger charge is -2.29. The number of halogens is 4. The molecular weight excluding hydrogens is 423 g/mol. The Balaban J connectivity index is 1.51. The summed E-state index contributed by atoms with van der Waals surface area (Å²) in [6.45, 7) is 1.83. The average molecular weight is 442 g/mol. The van der Waals surface area contributed by atoms with Crippen LogP contribution in [0, 0.1) is 12.3 Å². The number of aryl methyl sites for hydroxylation is 2. The quantitative estimate of drug-likeness (QED) is 0.767. The van der Waals surface area contributed by atoms with Crippen molar-refractivity contribution in [3.63, 3.8) is 0 Å². The zero-order chi connectivity index (χ0) is 21.6. The Kier molecular flexibility index (Phi) is 3.96. The molecule has 2 aliphatic heterocycles. The lowest BCUT2D eigenvalue weighted by Crippen LogP contribution is -2.44. The van der Waals surface area contributed by atoms with Crippen LogP contribution in [0.3, 0.4) is 0 Å². The Labute approximate surface area is 175 Å². The number of alkyl halides is 3. The van der Waals surface area contributed by atoms with Gasteiger partial charge >= 0.3 is 6.18 Å². The number of carbonyl (C=O) groups is 1. The Morgan fingerprint density at radius 2 is 2.17 bits per heavy atom. The number of rotatable bonds is 3. The Hall–Kier alpha value is -2.10. The van der Waals surface area contributed by atoms with Gasteiger partial charge in [-0.05, 0) is 31.5 Å². The molecule has 2 aromatic rings. The average Bonchev–Trinajstić information content (AvgIpc) is 2.87. The number of ether oxygens (including phenoxy) is 1. The summed E-state index contributed by atoms with van der Waals surface area (Å²) >= 11 is 5.68. The van der Waals surface area contributed by atoms with Gasteiger partial charge < -0.3 is 15.2 Å². The van der Waals surface area contributed by atoms with E-state index in [1.165, 1.54) is 6.07 Å². The molecule has 2 bridgehead atoms. The van der Waals surface area contributed by atoms with Gasteiger partial charge in [-0.2, -0.15) is 18.3 Å². The summed E-state index contributed by atoms with van der Waals surface area (Å²) in [5, 5.41) is 17.0. The van der Waals surface area contributed by atoms with E-state index in [9.17, 15) is 23.1 Å². The highest BCUT2D eigenvalue weighted by molar-refractivity contribution is 6.31. The van der Waals surface area contributed by atoms with Gasteiger partial charge in [0.25, 0.3) is 0 Å². The molecule has 6 nitrogen and oxygen atoms in total. The van der Waals surface area contributed by atoms with Crippen LogP contribution in [0.4, 0.5) is 18.9 Å². The molecule has 1 saturated carbocycles. The second-order valence-corrected chi connectivity index (χ2v) is 8.82. The fourth-order valence-electron chi connectivity index (χ4n) is 5.60. The largest absolute Gasteiger partial charge is 0.417 e. The third-order valence-corrected chi connectivity index (χ3v) is 7.14. The molecule has 0 radical (unpaired) electrons. The summed E-state index contributed by atoms with van der Waals surface area (Å²) in [6, 6.07) is 3.29. The van der Waals surface area contributed by atoms with Crippen LogP contribution < -0.4 is 5.32 Å². The maximum atomic E-state index is 13.4. The van der Waals surface area contributed by atoms with Gasteiger partial charge in [0.15, 0.2) is 0 Å². The van der Waals surface area contributed by atoms with Gasteiger partial charge in [0.05, 0.1) is 40.0 Å². The molecular formula is C20H19ClF3N3O3. The fourth-order valence-corrected chi connectivity index (χ4v) is 5.82. The third kappa shape index (κ3) is 2.39. The maximum Gasteiger partial charge on any atom is 0.417 e. The topological polar surface area (TPSA) is 76.4 Å². The van der Waals surface area contributed by atoms with Crippen molar-refractivity contribution in [3.05, 3.63) is 46.2 Å². The van der Waals surface area contributed by atoms with Crippen molar-refractivity contribution in [3.8, 4) is 0 Å². The Morgan fingerprint density at radius 3 is 2.80 bits per heavy atom. The maximum absolute atomic E-state index is 13.4. The number of benzene rings is 1. The number of aliphatic hydroxyl groups excluding tert-OH is 1. The van der Waals surface area contributed by atoms with Crippen LogP contribution in [0.15, 0.2) is 24.4 Å². The number of nitrogens with zero attached hydrogens (tertiary/aromatic N) is 2. The molecule has 3 fully saturated rings. The normalized spacial score (nSPS) is 34.2. The number of hydrogen-bond donors (Lipinski definition) is 2. The van der Waals surface area contributed by atoms with E-state index in [0.717, 1.165) is 23.4 Å². The van der Waals surface area contributed by atoms with Crippen LogP contribution in [-0.4, -0.2) is 39.1 Å². The summed E-state index contributed by atoms with van der Waals surface area (Å²) in [6.07, 6.45) is -3.81. The summed E-state index contributed by atoms with van der Waals surface area (Å²) in [4.78, 5) is 13.4. The van der Waals surface area contributed by atoms with Gasteiger partial charge in [-0.1, -0.05) is 11.6 Å². The number of aromatic nitrogens is 2. The smallest absolute Gasteiger partial charge is 0.390 e. The number of hydrogen-bond acceptors (Lipinski definition) is 4. The molecule has 1 aliphatic carbocycles. The van der Waals surface area contributed by atoms with Crippen LogP contribution in [-0.2, 0) is 28.2 Å². The van der Waals surface area contributed by atoms with Crippen molar-refractivity contribution in [1.29, 1.82) is 0 Å². The zero-order valence-corrected chi connectivity index (χ0v) is 16.9. The first-order valence-corrected chi connectivity index (χ1v) is 9.91. The minimum Gasteiger partial charge on any atom is -0.390 e. The number of amides is 1. The molecule has 3 heterocycles. The van der Waals surface area contributed by atoms with Gasteiger partial charge in [-0.25, -0.2) is 0 Å². The van der Waals surface area contributed by atoms with Gasteiger partial charge in [-0.15, -0.1) is 0 Å². The van der Waals surface area contributed by atoms with Crippen molar-refractivity contribution in [1.82, 2.24) is 9.78 Å². The lowest BCUT2D eigenvalue weighted by molar-refractivity contribution is -0.137. The van der Waals surface area contributed by atoms with Crippen molar-refractivity contribution in [2.45, 2.75) is 49.7 Å². The molecule has 1 amide bonds. The summed E-state index contributed by atoms with van der Waals surface area (Å²) < 4.78 is 47.2. The number of anilines is 1. The van der Waals surface area contributed by atoms with Crippen molar-refractivity contribution >= 4 is 23.2 Å². The highest BCUT2D eigenvalue weighted by Crippen LogP contribution is 2.78. The third-order valence-electron chi connectivity index (χ3n) is 6.81. The van der Waals surface area contributed by atoms with Gasteiger partial charge in [0, 0.05) is 36.3 Å². The second kappa shape index (κ2) is 5.99. The van der Waals surface area contributed by atoms with Crippen LogP contribution in [0.2, 0.25) is 5.02 Å². The summed E-state index contributed by atoms with van der Waals surface area (Å²) in [5.41, 5.74) is -1.12. The number of fused-ring (bicyclic) bond motifs is 5. The first kappa shape index (κ1) is 19.8. The van der Waals surface area contributed by atoms with E-state index < -0.39 is 51.8 Å². The molecule has 2 N–H and O–H groups in total. The molecule has 10 heteroatoms. The van der Waals surface area contributed by atoms with Gasteiger partial charge in [-0.3, -0.25) is 9.48 Å². The van der Waals surface area contributed by atoms with Crippen molar-refractivity contribution in [2.24, 2.45) is 12.5 Å². The Morgan fingerprint density at radius 1 is 1.43 bits per heavy atom. The molecule has 30 heavy (non-hydrogen) atoms. The van der Waals surface area contributed by atoms with E-state index in [1.807, 2.05) is 13.1 Å². The molecule has 1 aromatic carbocycles. The highest BCUT2D eigenvalue weighted by atomic mass is 35.5. The van der Waals surface area contributed by atoms with Gasteiger partial charge in [0.1, 0.15) is 0 Å². The van der Waals surface area contributed by atoms with E-state index in [0.29, 0.717) is 12.8 Å². The summed E-state index contributed by atoms with van der Waals surface area (Å²) in [7, 11) is 1.77. The fraction of sp³-hybridized carbons (Fsp3) is 0.500. The minimum absolute atomic E-state index is 0.0122. The first-order chi connectivity index (χ1) is 14.0. The van der Waals surface area contributed by atoms with Crippen LogP contribution >= 0.6 is 11.6 Å². The van der Waals surface area contributed by atoms with Gasteiger partial charge in [0.2, 0.25) is 5.91 Å². The highest BCUT2D eigenvalue weighted by Gasteiger charge is 2.87. The van der Waals surface area contributed by atoms with Crippen LogP contribution in [0.1, 0.15) is 29.7 Å². The molecule has 3 aliphatic rings. The molecule has 160 valence electrons. The van der Waals surface area contributed by atoms with E-state index in [2.05, 4.69) is 10.4 Å². The van der Waals surface area contributed by atoms with Crippen molar-refractivity contribution in [2.75, 3.05) is 5.32 Å². The molecule has 5 rings (SSSR count). The molecule has 5 atom stereocenters. The number of aliphatic hydroxyl groups is 1. The van der Waals surface area contributed by atoms with E-state index in [4.69, 9.17) is 16.3 Å². The number of nitrogens with one attached hydrogen (secondary N) is 1. The SMILES string of the molecule is Cc1nn(C)cc1[C@@]12C[C@]1(C(=O)Nc1ccc(Cl)c(C(F)(F)F)c1)[C@H]1C[C@H](O)[C@@H]2O1. The molecule has 2 saturated heterocycles. The zero-order valence-electron chi connectivity index (χ0n) is 16.1. The predicted molar refractivity (Wildman–Crippen MR) is 101 cm³/mol.